The third-order valence-corrected chi connectivity index (χ3v) is 3.38. The van der Waals surface area contributed by atoms with Gasteiger partial charge in [0.25, 0.3) is 0 Å². The molecule has 2 rings (SSSR count). The second-order valence-electron chi connectivity index (χ2n) is 6.60. The van der Waals surface area contributed by atoms with Crippen molar-refractivity contribution in [3.8, 4) is 6.07 Å². The van der Waals surface area contributed by atoms with Gasteiger partial charge in [0.2, 0.25) is 5.95 Å². The zero-order valence-electron chi connectivity index (χ0n) is 12.8. The van der Waals surface area contributed by atoms with Gasteiger partial charge in [0, 0.05) is 11.6 Å². The summed E-state index contributed by atoms with van der Waals surface area (Å²) >= 11 is 0. The SMILES string of the molecule is CC(C)(C)Nc1ncc(C#N)c(N[C@@H]2CCC[C@H](O)C2)n1. The number of aromatic nitrogens is 2. The molecule has 0 amide bonds. The van der Waals surface area contributed by atoms with Gasteiger partial charge in [-0.1, -0.05) is 0 Å². The molecule has 114 valence electrons. The molecule has 0 aromatic carbocycles. The minimum absolute atomic E-state index is 0.146. The third kappa shape index (κ3) is 4.57. The highest BCUT2D eigenvalue weighted by Crippen LogP contribution is 2.23. The average molecular weight is 289 g/mol. The Hall–Kier alpha value is -1.87. The van der Waals surface area contributed by atoms with E-state index in [4.69, 9.17) is 0 Å². The van der Waals surface area contributed by atoms with Crippen LogP contribution in [0, 0.1) is 11.3 Å². The fourth-order valence-electron chi connectivity index (χ4n) is 2.46. The molecule has 6 nitrogen and oxygen atoms in total. The molecule has 0 radical (unpaired) electrons. The minimum atomic E-state index is -0.268. The zero-order chi connectivity index (χ0) is 15.5. The molecule has 0 aliphatic heterocycles. The van der Waals surface area contributed by atoms with Gasteiger partial charge >= 0.3 is 0 Å². The maximum absolute atomic E-state index is 9.74. The predicted molar refractivity (Wildman–Crippen MR) is 82.0 cm³/mol. The predicted octanol–water partition coefficient (Wildman–Crippen LogP) is 2.27. The molecule has 0 saturated heterocycles. The highest BCUT2D eigenvalue weighted by molar-refractivity contribution is 5.54. The van der Waals surface area contributed by atoms with Crippen molar-refractivity contribution in [3.63, 3.8) is 0 Å². The van der Waals surface area contributed by atoms with Crippen LogP contribution in [0.4, 0.5) is 11.8 Å². The summed E-state index contributed by atoms with van der Waals surface area (Å²) < 4.78 is 0. The number of hydrogen-bond donors (Lipinski definition) is 3. The van der Waals surface area contributed by atoms with Crippen molar-refractivity contribution in [2.75, 3.05) is 10.6 Å². The lowest BCUT2D eigenvalue weighted by Crippen LogP contribution is -2.31. The number of hydrogen-bond acceptors (Lipinski definition) is 6. The van der Waals surface area contributed by atoms with E-state index in [1.165, 1.54) is 6.20 Å². The quantitative estimate of drug-likeness (QED) is 0.790. The van der Waals surface area contributed by atoms with Crippen molar-refractivity contribution >= 4 is 11.8 Å². The minimum Gasteiger partial charge on any atom is -0.393 e. The summed E-state index contributed by atoms with van der Waals surface area (Å²) in [5, 5.41) is 25.4. The molecule has 1 aliphatic carbocycles. The molecule has 0 unspecified atom stereocenters. The lowest BCUT2D eigenvalue weighted by molar-refractivity contribution is 0.124. The van der Waals surface area contributed by atoms with Gasteiger partial charge in [-0.3, -0.25) is 0 Å². The molecule has 1 aliphatic rings. The molecule has 3 N–H and O–H groups in total. The molecule has 2 atom stereocenters. The van der Waals surface area contributed by atoms with Crippen molar-refractivity contribution in [1.29, 1.82) is 5.26 Å². The number of rotatable bonds is 3. The van der Waals surface area contributed by atoms with Crippen molar-refractivity contribution in [1.82, 2.24) is 9.97 Å². The fraction of sp³-hybridized carbons (Fsp3) is 0.667. The molecular weight excluding hydrogens is 266 g/mol. The van der Waals surface area contributed by atoms with Crippen LogP contribution in [-0.2, 0) is 0 Å². The van der Waals surface area contributed by atoms with Crippen LogP contribution in [0.2, 0.25) is 0 Å². The molecule has 1 aromatic heterocycles. The molecule has 1 aromatic rings. The van der Waals surface area contributed by atoms with Gasteiger partial charge in [0.05, 0.1) is 12.3 Å². The van der Waals surface area contributed by atoms with Gasteiger partial charge in [-0.05, 0) is 46.5 Å². The fourth-order valence-corrected chi connectivity index (χ4v) is 2.46. The monoisotopic (exact) mass is 289 g/mol. The Balaban J connectivity index is 2.16. The molecule has 1 fully saturated rings. The molecule has 1 saturated carbocycles. The van der Waals surface area contributed by atoms with Crippen LogP contribution in [0.15, 0.2) is 6.20 Å². The Morgan fingerprint density at radius 2 is 2.14 bits per heavy atom. The van der Waals surface area contributed by atoms with Crippen LogP contribution in [0.25, 0.3) is 0 Å². The number of aliphatic hydroxyl groups is 1. The van der Waals surface area contributed by atoms with E-state index in [-0.39, 0.29) is 17.7 Å². The van der Waals surface area contributed by atoms with Crippen LogP contribution < -0.4 is 10.6 Å². The van der Waals surface area contributed by atoms with Crippen LogP contribution in [-0.4, -0.2) is 32.8 Å². The number of nitriles is 1. The summed E-state index contributed by atoms with van der Waals surface area (Å²) in [6, 6.07) is 2.26. The molecular formula is C15H23N5O. The van der Waals surface area contributed by atoms with E-state index in [1.807, 2.05) is 20.8 Å². The first-order valence-corrected chi connectivity index (χ1v) is 7.37. The standard InChI is InChI=1S/C15H23N5O/c1-15(2,3)20-14-17-9-10(8-16)13(19-14)18-11-5-4-6-12(21)7-11/h9,11-12,21H,4-7H2,1-3H3,(H2,17,18,19,20)/t11-,12+/m1/s1. The highest BCUT2D eigenvalue weighted by atomic mass is 16.3. The van der Waals surface area contributed by atoms with Gasteiger partial charge in [-0.25, -0.2) is 4.98 Å². The third-order valence-electron chi connectivity index (χ3n) is 3.38. The molecule has 0 bridgehead atoms. The lowest BCUT2D eigenvalue weighted by atomic mass is 9.93. The summed E-state index contributed by atoms with van der Waals surface area (Å²) in [5.74, 6) is 1.04. The number of aliphatic hydroxyl groups excluding tert-OH is 1. The van der Waals surface area contributed by atoms with E-state index in [9.17, 15) is 10.4 Å². The van der Waals surface area contributed by atoms with Crippen LogP contribution in [0.5, 0.6) is 0 Å². The van der Waals surface area contributed by atoms with Gasteiger partial charge < -0.3 is 15.7 Å². The van der Waals surface area contributed by atoms with Crippen LogP contribution in [0.1, 0.15) is 52.0 Å². The van der Waals surface area contributed by atoms with Crippen molar-refractivity contribution < 1.29 is 5.11 Å². The first kappa shape index (κ1) is 15.5. The van der Waals surface area contributed by atoms with E-state index in [0.29, 0.717) is 23.8 Å². The van der Waals surface area contributed by atoms with Gasteiger partial charge in [-0.2, -0.15) is 10.2 Å². The Labute approximate surface area is 125 Å². The molecule has 6 heteroatoms. The highest BCUT2D eigenvalue weighted by Gasteiger charge is 2.22. The summed E-state index contributed by atoms with van der Waals surface area (Å²) in [6.45, 7) is 6.08. The van der Waals surface area contributed by atoms with Gasteiger partial charge in [-0.15, -0.1) is 0 Å². The van der Waals surface area contributed by atoms with Crippen molar-refractivity contribution in [2.24, 2.45) is 0 Å². The number of anilines is 2. The van der Waals surface area contributed by atoms with Crippen LogP contribution in [0.3, 0.4) is 0 Å². The lowest BCUT2D eigenvalue weighted by Gasteiger charge is -2.27. The molecule has 21 heavy (non-hydrogen) atoms. The average Bonchev–Trinajstić information content (AvgIpc) is 2.37. The normalized spacial score (nSPS) is 22.4. The zero-order valence-corrected chi connectivity index (χ0v) is 12.8. The topological polar surface area (TPSA) is 93.9 Å². The summed E-state index contributed by atoms with van der Waals surface area (Å²) in [7, 11) is 0. The molecule has 1 heterocycles. The Bertz CT molecular complexity index is 532. The van der Waals surface area contributed by atoms with E-state index in [2.05, 4.69) is 26.7 Å². The molecule has 0 spiro atoms. The first-order valence-electron chi connectivity index (χ1n) is 7.37. The van der Waals surface area contributed by atoms with Crippen LogP contribution >= 0.6 is 0 Å². The smallest absolute Gasteiger partial charge is 0.225 e. The largest absolute Gasteiger partial charge is 0.393 e. The van der Waals surface area contributed by atoms with Gasteiger partial charge in [0.1, 0.15) is 17.5 Å². The van der Waals surface area contributed by atoms with E-state index >= 15 is 0 Å². The Morgan fingerprint density at radius 3 is 2.76 bits per heavy atom. The van der Waals surface area contributed by atoms with Gasteiger partial charge in [0.15, 0.2) is 0 Å². The van der Waals surface area contributed by atoms with E-state index in [1.54, 1.807) is 0 Å². The van der Waals surface area contributed by atoms with E-state index in [0.717, 1.165) is 19.3 Å². The number of nitrogens with one attached hydrogen (secondary N) is 2. The van der Waals surface area contributed by atoms with Crippen molar-refractivity contribution in [2.45, 2.75) is 64.1 Å². The summed E-state index contributed by atoms with van der Waals surface area (Å²) in [5.41, 5.74) is 0.279. The maximum Gasteiger partial charge on any atom is 0.225 e. The maximum atomic E-state index is 9.74. The number of nitrogens with zero attached hydrogens (tertiary/aromatic N) is 3. The second kappa shape index (κ2) is 6.27. The summed E-state index contributed by atoms with van der Waals surface area (Å²) in [4.78, 5) is 8.58. The summed E-state index contributed by atoms with van der Waals surface area (Å²) in [6.07, 6.45) is 4.77. The second-order valence-corrected chi connectivity index (χ2v) is 6.60. The first-order chi connectivity index (χ1) is 9.87. The van der Waals surface area contributed by atoms with E-state index < -0.39 is 0 Å². The van der Waals surface area contributed by atoms with Crippen molar-refractivity contribution in [3.05, 3.63) is 11.8 Å². The Morgan fingerprint density at radius 1 is 1.38 bits per heavy atom. The Kier molecular flexibility index (Phi) is 4.63.